The highest BCUT2D eigenvalue weighted by atomic mass is 16.7. The number of Topliss-reactive ketones (excluding diaryl/α,β-unsaturated/α-hetero) is 1. The van der Waals surface area contributed by atoms with Crippen molar-refractivity contribution in [2.45, 2.75) is 44.6 Å². The number of ketones is 1. The second kappa shape index (κ2) is 7.03. The number of hydrogen-bond donors (Lipinski definition) is 1. The first kappa shape index (κ1) is 14.5. The Morgan fingerprint density at radius 1 is 1.30 bits per heavy atom. The van der Waals surface area contributed by atoms with Crippen LogP contribution in [-0.4, -0.2) is 28.1 Å². The Morgan fingerprint density at radius 2 is 2.05 bits per heavy atom. The van der Waals surface area contributed by atoms with Crippen LogP contribution in [0, 0.1) is 5.92 Å². The van der Waals surface area contributed by atoms with Crippen molar-refractivity contribution in [3.63, 3.8) is 0 Å². The minimum absolute atomic E-state index is 0.259. The van der Waals surface area contributed by atoms with E-state index in [0.29, 0.717) is 12.3 Å². The third kappa shape index (κ3) is 4.05. The summed E-state index contributed by atoms with van der Waals surface area (Å²) in [4.78, 5) is 27.1. The van der Waals surface area contributed by atoms with Gasteiger partial charge in [-0.1, -0.05) is 38.2 Å². The SMILES string of the molecule is O=C(O)O[C@@H](CC1CCCCC1)C(=O)c1ccccn1. The van der Waals surface area contributed by atoms with E-state index in [1.807, 2.05) is 0 Å². The van der Waals surface area contributed by atoms with Crippen LogP contribution in [0.2, 0.25) is 0 Å². The average molecular weight is 277 g/mol. The van der Waals surface area contributed by atoms with Crippen LogP contribution in [0.15, 0.2) is 24.4 Å². The van der Waals surface area contributed by atoms with Gasteiger partial charge in [0.25, 0.3) is 0 Å². The number of carboxylic acid groups (broad SMARTS) is 1. The third-order valence-electron chi connectivity index (χ3n) is 3.73. The van der Waals surface area contributed by atoms with Gasteiger partial charge in [0.05, 0.1) is 0 Å². The quantitative estimate of drug-likeness (QED) is 0.660. The van der Waals surface area contributed by atoms with Crippen LogP contribution in [0.5, 0.6) is 0 Å². The number of ether oxygens (including phenoxy) is 1. The number of carbonyl (C=O) groups is 2. The van der Waals surface area contributed by atoms with Crippen LogP contribution < -0.4 is 0 Å². The third-order valence-corrected chi connectivity index (χ3v) is 3.73. The van der Waals surface area contributed by atoms with Crippen molar-refractivity contribution in [1.29, 1.82) is 0 Å². The van der Waals surface area contributed by atoms with Crippen LogP contribution in [0.25, 0.3) is 0 Å². The summed E-state index contributed by atoms with van der Waals surface area (Å²) in [5.41, 5.74) is 0.259. The second-order valence-electron chi connectivity index (χ2n) is 5.19. The molecule has 0 unspecified atom stereocenters. The van der Waals surface area contributed by atoms with Crippen molar-refractivity contribution in [2.75, 3.05) is 0 Å². The molecule has 0 radical (unpaired) electrons. The molecule has 1 aromatic heterocycles. The van der Waals surface area contributed by atoms with Crippen molar-refractivity contribution >= 4 is 11.9 Å². The Morgan fingerprint density at radius 3 is 2.65 bits per heavy atom. The molecule has 0 saturated heterocycles. The Balaban J connectivity index is 2.06. The Kier molecular flexibility index (Phi) is 5.09. The Labute approximate surface area is 118 Å². The van der Waals surface area contributed by atoms with E-state index in [4.69, 9.17) is 9.84 Å². The van der Waals surface area contributed by atoms with Crippen molar-refractivity contribution in [3.8, 4) is 0 Å². The smallest absolute Gasteiger partial charge is 0.450 e. The molecule has 0 spiro atoms. The lowest BCUT2D eigenvalue weighted by Crippen LogP contribution is -2.30. The van der Waals surface area contributed by atoms with E-state index >= 15 is 0 Å². The lowest BCUT2D eigenvalue weighted by Gasteiger charge is -2.24. The Bertz CT molecular complexity index is 454. The van der Waals surface area contributed by atoms with Gasteiger partial charge in [-0.25, -0.2) is 4.79 Å². The maximum Gasteiger partial charge on any atom is 0.506 e. The molecule has 1 aliphatic rings. The van der Waals surface area contributed by atoms with E-state index in [9.17, 15) is 9.59 Å². The van der Waals surface area contributed by atoms with Gasteiger partial charge in [0.2, 0.25) is 5.78 Å². The highest BCUT2D eigenvalue weighted by molar-refractivity contribution is 5.98. The molecule has 0 aromatic carbocycles. The molecule has 1 N–H and O–H groups in total. The van der Waals surface area contributed by atoms with E-state index in [2.05, 4.69) is 4.98 Å². The molecule has 0 bridgehead atoms. The summed E-state index contributed by atoms with van der Waals surface area (Å²) in [7, 11) is 0. The highest BCUT2D eigenvalue weighted by Crippen LogP contribution is 2.28. The van der Waals surface area contributed by atoms with Crippen LogP contribution in [0.4, 0.5) is 4.79 Å². The lowest BCUT2D eigenvalue weighted by atomic mass is 9.84. The molecule has 5 heteroatoms. The number of nitrogens with zero attached hydrogens (tertiary/aromatic N) is 1. The number of pyridine rings is 1. The van der Waals surface area contributed by atoms with Gasteiger partial charge in [-0.05, 0) is 24.5 Å². The topological polar surface area (TPSA) is 76.5 Å². The summed E-state index contributed by atoms with van der Waals surface area (Å²) in [5.74, 6) is 0.0133. The molecule has 2 rings (SSSR count). The monoisotopic (exact) mass is 277 g/mol. The summed E-state index contributed by atoms with van der Waals surface area (Å²) in [5, 5.41) is 8.81. The summed E-state index contributed by atoms with van der Waals surface area (Å²) in [6.07, 6.45) is 5.21. The molecule has 1 aliphatic carbocycles. The zero-order chi connectivity index (χ0) is 14.4. The first-order valence-corrected chi connectivity index (χ1v) is 7.01. The molecular weight excluding hydrogens is 258 g/mol. The molecule has 1 fully saturated rings. The van der Waals surface area contributed by atoms with Crippen LogP contribution in [0.3, 0.4) is 0 Å². The molecule has 5 nitrogen and oxygen atoms in total. The number of aromatic nitrogens is 1. The number of carbonyl (C=O) groups excluding carboxylic acids is 1. The standard InChI is InChI=1S/C15H19NO4/c17-14(12-8-4-5-9-16-12)13(20-15(18)19)10-11-6-2-1-3-7-11/h4-5,8-9,11,13H,1-3,6-7,10H2,(H,18,19)/t13-/m0/s1. The van der Waals surface area contributed by atoms with Crippen molar-refractivity contribution in [3.05, 3.63) is 30.1 Å². The summed E-state index contributed by atoms with van der Waals surface area (Å²) < 4.78 is 4.80. The normalized spacial score (nSPS) is 17.4. The summed E-state index contributed by atoms with van der Waals surface area (Å²) in [6.45, 7) is 0. The van der Waals surface area contributed by atoms with Gasteiger partial charge < -0.3 is 9.84 Å². The summed E-state index contributed by atoms with van der Waals surface area (Å²) >= 11 is 0. The van der Waals surface area contributed by atoms with Crippen molar-refractivity contribution in [2.24, 2.45) is 5.92 Å². The molecule has 108 valence electrons. The molecule has 1 atom stereocenters. The minimum Gasteiger partial charge on any atom is -0.450 e. The van der Waals surface area contributed by atoms with Crippen molar-refractivity contribution in [1.82, 2.24) is 4.98 Å². The molecule has 1 heterocycles. The van der Waals surface area contributed by atoms with E-state index in [-0.39, 0.29) is 11.5 Å². The molecular formula is C15H19NO4. The average Bonchev–Trinajstić information content (AvgIpc) is 2.47. The number of rotatable bonds is 5. The van der Waals surface area contributed by atoms with Crippen LogP contribution in [0.1, 0.15) is 49.0 Å². The predicted molar refractivity (Wildman–Crippen MR) is 72.7 cm³/mol. The van der Waals surface area contributed by atoms with Gasteiger partial charge in [0, 0.05) is 6.20 Å². The van der Waals surface area contributed by atoms with Crippen LogP contribution in [-0.2, 0) is 4.74 Å². The fourth-order valence-electron chi connectivity index (χ4n) is 2.73. The Hall–Kier alpha value is -1.91. The largest absolute Gasteiger partial charge is 0.506 e. The highest BCUT2D eigenvalue weighted by Gasteiger charge is 2.29. The summed E-state index contributed by atoms with van der Waals surface area (Å²) in [6, 6.07) is 5.01. The minimum atomic E-state index is -1.41. The van der Waals surface area contributed by atoms with E-state index in [1.54, 1.807) is 18.2 Å². The first-order valence-electron chi connectivity index (χ1n) is 7.01. The van der Waals surface area contributed by atoms with Gasteiger partial charge in [-0.15, -0.1) is 0 Å². The molecule has 0 amide bonds. The molecule has 1 aromatic rings. The lowest BCUT2D eigenvalue weighted by molar-refractivity contribution is 0.0327. The van der Waals surface area contributed by atoms with E-state index in [1.165, 1.54) is 12.6 Å². The predicted octanol–water partition coefficient (Wildman–Crippen LogP) is 3.30. The maximum absolute atomic E-state index is 12.3. The van der Waals surface area contributed by atoms with Gasteiger partial charge >= 0.3 is 6.16 Å². The molecule has 1 saturated carbocycles. The van der Waals surface area contributed by atoms with E-state index < -0.39 is 12.3 Å². The van der Waals surface area contributed by atoms with Gasteiger partial charge in [0.1, 0.15) is 5.69 Å². The van der Waals surface area contributed by atoms with Gasteiger partial charge in [-0.2, -0.15) is 0 Å². The van der Waals surface area contributed by atoms with Gasteiger partial charge in [-0.3, -0.25) is 9.78 Å². The maximum atomic E-state index is 12.3. The zero-order valence-electron chi connectivity index (χ0n) is 11.3. The zero-order valence-corrected chi connectivity index (χ0v) is 11.3. The fourth-order valence-corrected chi connectivity index (χ4v) is 2.73. The van der Waals surface area contributed by atoms with Gasteiger partial charge in [0.15, 0.2) is 6.10 Å². The first-order chi connectivity index (χ1) is 9.66. The van der Waals surface area contributed by atoms with E-state index in [0.717, 1.165) is 25.7 Å². The molecule has 0 aliphatic heterocycles. The number of hydrogen-bond acceptors (Lipinski definition) is 4. The molecule has 20 heavy (non-hydrogen) atoms. The fraction of sp³-hybridized carbons (Fsp3) is 0.533. The second-order valence-corrected chi connectivity index (χ2v) is 5.19. The van der Waals surface area contributed by atoms with Crippen molar-refractivity contribution < 1.29 is 19.4 Å². The van der Waals surface area contributed by atoms with Crippen LogP contribution >= 0.6 is 0 Å².